The van der Waals surface area contributed by atoms with E-state index in [-0.39, 0.29) is 5.97 Å². The molecular weight excluding hydrogens is 154 g/mol. The van der Waals surface area contributed by atoms with Crippen molar-refractivity contribution in [3.8, 4) is 0 Å². The van der Waals surface area contributed by atoms with Crippen LogP contribution in [0.2, 0.25) is 0 Å². The van der Waals surface area contributed by atoms with Crippen molar-refractivity contribution < 1.29 is 9.53 Å². The van der Waals surface area contributed by atoms with Gasteiger partial charge in [0.1, 0.15) is 0 Å². The average molecular weight is 167 g/mol. The minimum Gasteiger partial charge on any atom is -0.463 e. The molecule has 0 saturated carbocycles. The third-order valence-electron chi connectivity index (χ3n) is 1.21. The van der Waals surface area contributed by atoms with Crippen LogP contribution in [-0.4, -0.2) is 19.1 Å². The minimum absolute atomic E-state index is 0.305. The Morgan fingerprint density at radius 3 is 2.92 bits per heavy atom. The number of nitrogens with zero attached hydrogens (tertiary/aromatic N) is 1. The van der Waals surface area contributed by atoms with E-state index >= 15 is 0 Å². The molecule has 0 aliphatic carbocycles. The highest BCUT2D eigenvalue weighted by atomic mass is 16.5. The summed E-state index contributed by atoms with van der Waals surface area (Å²) < 4.78 is 4.80. The van der Waals surface area contributed by atoms with E-state index in [1.165, 1.54) is 6.08 Å². The van der Waals surface area contributed by atoms with Crippen molar-refractivity contribution in [3.05, 3.63) is 23.6 Å². The Balaban J connectivity index is 3.21. The van der Waals surface area contributed by atoms with Crippen LogP contribution in [0.1, 0.15) is 19.8 Å². The molecule has 0 rings (SSSR count). The third-order valence-corrected chi connectivity index (χ3v) is 1.21. The maximum atomic E-state index is 10.7. The zero-order valence-electron chi connectivity index (χ0n) is 7.25. The van der Waals surface area contributed by atoms with Gasteiger partial charge < -0.3 is 9.58 Å². The largest absolute Gasteiger partial charge is 0.463 e. The molecule has 3 nitrogen and oxygen atoms in total. The number of unbranched alkanes of at least 4 members (excludes halogenated alkanes) is 1. The molecule has 0 aromatic carbocycles. The Kier molecular flexibility index (Phi) is 6.96. The van der Waals surface area contributed by atoms with Crippen LogP contribution in [0.3, 0.4) is 0 Å². The van der Waals surface area contributed by atoms with Crippen molar-refractivity contribution in [2.75, 3.05) is 13.2 Å². The van der Waals surface area contributed by atoms with Gasteiger partial charge in [0.05, 0.1) is 6.61 Å². The van der Waals surface area contributed by atoms with Gasteiger partial charge in [0, 0.05) is 12.5 Å². The number of carbonyl (C=O) groups is 1. The van der Waals surface area contributed by atoms with Gasteiger partial charge in [0.2, 0.25) is 6.54 Å². The van der Waals surface area contributed by atoms with Gasteiger partial charge in [-0.1, -0.05) is 6.08 Å². The molecule has 0 bridgehead atoms. The molecule has 0 N–H and O–H groups in total. The SMILES string of the molecule is [C-]#[N+]CCCCOC(=O)C=CC. The third kappa shape index (κ3) is 6.81. The number of hydrogen-bond acceptors (Lipinski definition) is 2. The lowest BCUT2D eigenvalue weighted by molar-refractivity contribution is -0.137. The first-order valence-corrected chi connectivity index (χ1v) is 3.94. The zero-order valence-corrected chi connectivity index (χ0v) is 7.25. The van der Waals surface area contributed by atoms with Crippen LogP contribution in [0.25, 0.3) is 4.85 Å². The fourth-order valence-corrected chi connectivity index (χ4v) is 0.650. The van der Waals surface area contributed by atoms with E-state index in [0.717, 1.165) is 12.8 Å². The second-order valence-electron chi connectivity index (χ2n) is 2.26. The summed E-state index contributed by atoms with van der Waals surface area (Å²) in [5.41, 5.74) is 0. The first-order valence-electron chi connectivity index (χ1n) is 3.94. The summed E-state index contributed by atoms with van der Waals surface area (Å²) in [7, 11) is 0. The number of rotatable bonds is 5. The van der Waals surface area contributed by atoms with Crippen molar-refractivity contribution in [2.45, 2.75) is 19.8 Å². The molecule has 0 radical (unpaired) electrons. The highest BCUT2D eigenvalue weighted by Gasteiger charge is 1.95. The molecule has 66 valence electrons. The number of esters is 1. The summed E-state index contributed by atoms with van der Waals surface area (Å²) in [4.78, 5) is 13.9. The molecule has 0 heterocycles. The maximum absolute atomic E-state index is 10.7. The molecule has 0 atom stereocenters. The molecule has 0 spiro atoms. The highest BCUT2D eigenvalue weighted by Crippen LogP contribution is 1.91. The number of allylic oxidation sites excluding steroid dienone is 1. The van der Waals surface area contributed by atoms with Crippen molar-refractivity contribution in [1.29, 1.82) is 0 Å². The van der Waals surface area contributed by atoms with Crippen molar-refractivity contribution in [2.24, 2.45) is 0 Å². The Morgan fingerprint density at radius 1 is 1.58 bits per heavy atom. The molecule has 0 unspecified atom stereocenters. The lowest BCUT2D eigenvalue weighted by Gasteiger charge is -1.98. The number of carbonyl (C=O) groups excluding carboxylic acids is 1. The molecule has 3 heteroatoms. The molecule has 0 amide bonds. The number of hydrogen-bond donors (Lipinski definition) is 0. The van der Waals surface area contributed by atoms with Crippen LogP contribution in [0.15, 0.2) is 12.2 Å². The van der Waals surface area contributed by atoms with E-state index in [0.29, 0.717) is 13.2 Å². The van der Waals surface area contributed by atoms with Crippen molar-refractivity contribution in [1.82, 2.24) is 0 Å². The number of ether oxygens (including phenoxy) is 1. The molecule has 0 saturated heterocycles. The second kappa shape index (κ2) is 7.80. The van der Waals surface area contributed by atoms with Crippen LogP contribution in [0.5, 0.6) is 0 Å². The van der Waals surface area contributed by atoms with E-state index in [1.807, 2.05) is 0 Å². The quantitative estimate of drug-likeness (QED) is 0.270. The molecule has 0 fully saturated rings. The van der Waals surface area contributed by atoms with Crippen molar-refractivity contribution in [3.63, 3.8) is 0 Å². The Morgan fingerprint density at radius 2 is 2.33 bits per heavy atom. The van der Waals surface area contributed by atoms with Gasteiger partial charge in [-0.15, -0.1) is 0 Å². The predicted molar refractivity (Wildman–Crippen MR) is 46.5 cm³/mol. The first kappa shape index (κ1) is 10.7. The van der Waals surface area contributed by atoms with Crippen LogP contribution >= 0.6 is 0 Å². The predicted octanol–water partition coefficient (Wildman–Crippen LogP) is 1.81. The Labute approximate surface area is 72.8 Å². The van der Waals surface area contributed by atoms with Gasteiger partial charge in [0.25, 0.3) is 0 Å². The van der Waals surface area contributed by atoms with Gasteiger partial charge in [-0.2, -0.15) is 0 Å². The standard InChI is InChI=1S/C9H13NO2/c1-3-6-9(11)12-8-5-4-7-10-2/h3,6H,4-5,7-8H2,1H3. The summed E-state index contributed by atoms with van der Waals surface area (Å²) >= 11 is 0. The van der Waals surface area contributed by atoms with Crippen LogP contribution < -0.4 is 0 Å². The van der Waals surface area contributed by atoms with E-state index < -0.39 is 0 Å². The normalized spacial score (nSPS) is 9.67. The van der Waals surface area contributed by atoms with Gasteiger partial charge in [-0.25, -0.2) is 11.4 Å². The average Bonchev–Trinajstić information content (AvgIpc) is 2.05. The molecule has 0 aromatic heterocycles. The highest BCUT2D eigenvalue weighted by molar-refractivity contribution is 5.81. The fourth-order valence-electron chi connectivity index (χ4n) is 0.650. The summed E-state index contributed by atoms with van der Waals surface area (Å²) in [5.74, 6) is -0.305. The van der Waals surface area contributed by atoms with E-state index in [9.17, 15) is 4.79 Å². The zero-order chi connectivity index (χ0) is 9.23. The lowest BCUT2D eigenvalue weighted by Crippen LogP contribution is -2.02. The summed E-state index contributed by atoms with van der Waals surface area (Å²) in [6, 6.07) is 0. The fraction of sp³-hybridized carbons (Fsp3) is 0.556. The van der Waals surface area contributed by atoms with Gasteiger partial charge >= 0.3 is 5.97 Å². The molecule has 0 aromatic rings. The summed E-state index contributed by atoms with van der Waals surface area (Å²) in [6.07, 6.45) is 4.59. The maximum Gasteiger partial charge on any atom is 0.330 e. The van der Waals surface area contributed by atoms with E-state index in [2.05, 4.69) is 4.85 Å². The lowest BCUT2D eigenvalue weighted by atomic mass is 10.3. The first-order chi connectivity index (χ1) is 5.81. The van der Waals surface area contributed by atoms with Crippen LogP contribution in [0.4, 0.5) is 0 Å². The molecule has 0 aliphatic rings. The smallest absolute Gasteiger partial charge is 0.330 e. The van der Waals surface area contributed by atoms with Crippen molar-refractivity contribution >= 4 is 5.97 Å². The monoisotopic (exact) mass is 167 g/mol. The molecule has 0 aliphatic heterocycles. The van der Waals surface area contributed by atoms with E-state index in [1.54, 1.807) is 13.0 Å². The second-order valence-corrected chi connectivity index (χ2v) is 2.26. The van der Waals surface area contributed by atoms with Gasteiger partial charge in [-0.3, -0.25) is 0 Å². The molecular formula is C9H13NO2. The van der Waals surface area contributed by atoms with Crippen LogP contribution in [-0.2, 0) is 9.53 Å². The minimum atomic E-state index is -0.305. The van der Waals surface area contributed by atoms with Gasteiger partial charge in [0.15, 0.2) is 0 Å². The summed E-state index contributed by atoms with van der Waals surface area (Å²) in [6.45, 7) is 9.19. The topological polar surface area (TPSA) is 30.7 Å². The van der Waals surface area contributed by atoms with Gasteiger partial charge in [-0.05, 0) is 13.3 Å². The van der Waals surface area contributed by atoms with Crippen LogP contribution in [0, 0.1) is 6.57 Å². The molecule has 12 heavy (non-hydrogen) atoms. The van der Waals surface area contributed by atoms with E-state index in [4.69, 9.17) is 11.3 Å². The Bertz CT molecular complexity index is 191. The summed E-state index contributed by atoms with van der Waals surface area (Å²) in [5, 5.41) is 0. The Hall–Kier alpha value is -1.30.